The number of nitrogens with zero attached hydrogens (tertiary/aromatic N) is 7. The van der Waals surface area contributed by atoms with E-state index < -0.39 is 66.0 Å². The lowest BCUT2D eigenvalue weighted by Crippen LogP contribution is -2.42. The molecule has 3 aromatic heterocycles. The molecule has 4 N–H and O–H groups in total. The van der Waals surface area contributed by atoms with Crippen LogP contribution in [0.25, 0.3) is 0 Å². The summed E-state index contributed by atoms with van der Waals surface area (Å²) in [6, 6.07) is 4.54. The van der Waals surface area contributed by atoms with Crippen LogP contribution in [0, 0.1) is 17.5 Å². The van der Waals surface area contributed by atoms with E-state index in [1.54, 1.807) is 12.1 Å². The molecule has 0 spiro atoms. The number of aliphatic hydroxyl groups is 2. The first-order valence-electron chi connectivity index (χ1n) is 14.3. The standard InChI is InChI=1S/C30H34F3N8O6/c1-17(26-24(33)11-35-14-37-26)30(45,22-8-7-21(31)10-23(22)32)13-41-16-40(15-38-41)19(3)47-29(44)39(4)27-20(6-5-9-36-27)12-46-28(43)25(34)18(2)42/h5-11,14-19,25,42,45H,12-13,34H2,1-4H3/q+1/t17-,18+,19?,25-,30?/m0/s1. The third-order valence-electron chi connectivity index (χ3n) is 7.54. The molecule has 47 heavy (non-hydrogen) atoms. The summed E-state index contributed by atoms with van der Waals surface area (Å²) in [5.41, 5.74) is 3.25. The Morgan fingerprint density at radius 3 is 2.57 bits per heavy atom. The van der Waals surface area contributed by atoms with E-state index in [-0.39, 0.29) is 23.7 Å². The van der Waals surface area contributed by atoms with Crippen LogP contribution in [0.4, 0.5) is 23.8 Å². The van der Waals surface area contributed by atoms with E-state index in [4.69, 9.17) is 15.2 Å². The predicted octanol–water partition coefficient (Wildman–Crippen LogP) is 2.01. The van der Waals surface area contributed by atoms with Gasteiger partial charge in [0.1, 0.15) is 48.6 Å². The summed E-state index contributed by atoms with van der Waals surface area (Å²) >= 11 is 0. The molecule has 4 rings (SSSR count). The van der Waals surface area contributed by atoms with Gasteiger partial charge in [0.15, 0.2) is 5.82 Å². The monoisotopic (exact) mass is 659 g/mol. The van der Waals surface area contributed by atoms with E-state index in [1.807, 2.05) is 0 Å². The number of aliphatic hydroxyl groups excluding tert-OH is 1. The smallest absolute Gasteiger partial charge is 0.418 e. The van der Waals surface area contributed by atoms with E-state index in [2.05, 4.69) is 20.1 Å². The van der Waals surface area contributed by atoms with Crippen LogP contribution in [0.3, 0.4) is 0 Å². The van der Waals surface area contributed by atoms with Crippen LogP contribution in [0.2, 0.25) is 0 Å². The molecule has 0 saturated carbocycles. The molecule has 5 atom stereocenters. The fourth-order valence-corrected chi connectivity index (χ4v) is 4.68. The Morgan fingerprint density at radius 2 is 1.89 bits per heavy atom. The zero-order valence-corrected chi connectivity index (χ0v) is 25.9. The van der Waals surface area contributed by atoms with Gasteiger partial charge >= 0.3 is 12.1 Å². The number of nitrogens with two attached hydrogens (primary N) is 1. The second-order valence-corrected chi connectivity index (χ2v) is 10.8. The van der Waals surface area contributed by atoms with Gasteiger partial charge in [-0.2, -0.15) is 4.57 Å². The third-order valence-corrected chi connectivity index (χ3v) is 7.54. The van der Waals surface area contributed by atoms with Gasteiger partial charge in [-0.15, -0.1) is 4.68 Å². The van der Waals surface area contributed by atoms with Crippen LogP contribution in [0.1, 0.15) is 49.7 Å². The number of esters is 1. The average molecular weight is 660 g/mol. The van der Waals surface area contributed by atoms with Crippen molar-refractivity contribution in [3.05, 3.63) is 96.0 Å². The van der Waals surface area contributed by atoms with Crippen molar-refractivity contribution >= 4 is 17.9 Å². The maximum atomic E-state index is 15.0. The van der Waals surface area contributed by atoms with Gasteiger partial charge in [0, 0.05) is 48.4 Å². The summed E-state index contributed by atoms with van der Waals surface area (Å²) in [6.45, 7) is 3.58. The van der Waals surface area contributed by atoms with E-state index in [0.29, 0.717) is 11.6 Å². The highest BCUT2D eigenvalue weighted by atomic mass is 19.1. The normalized spacial score (nSPS) is 15.2. The molecule has 3 heterocycles. The molecule has 17 heteroatoms. The van der Waals surface area contributed by atoms with Gasteiger partial charge in [0.25, 0.3) is 6.33 Å². The number of carbonyl (C=O) groups is 2. The number of halogens is 3. The zero-order valence-electron chi connectivity index (χ0n) is 25.9. The van der Waals surface area contributed by atoms with Crippen LogP contribution < -0.4 is 15.2 Å². The number of ether oxygens (including phenoxy) is 2. The van der Waals surface area contributed by atoms with Gasteiger partial charge in [0.2, 0.25) is 12.6 Å². The van der Waals surface area contributed by atoms with Crippen molar-refractivity contribution in [1.82, 2.24) is 24.7 Å². The molecule has 0 aliphatic heterocycles. The summed E-state index contributed by atoms with van der Waals surface area (Å²) in [4.78, 5) is 38.0. The molecule has 0 saturated heterocycles. The van der Waals surface area contributed by atoms with E-state index in [9.17, 15) is 28.6 Å². The topological polar surface area (TPSA) is 183 Å². The first kappa shape index (κ1) is 34.9. The van der Waals surface area contributed by atoms with Crippen LogP contribution in [-0.4, -0.2) is 66.2 Å². The highest BCUT2D eigenvalue weighted by Crippen LogP contribution is 2.39. The van der Waals surface area contributed by atoms with Crippen molar-refractivity contribution in [2.24, 2.45) is 5.73 Å². The Labute approximate surface area is 267 Å². The molecule has 2 unspecified atom stereocenters. The van der Waals surface area contributed by atoms with E-state index >= 15 is 4.39 Å². The average Bonchev–Trinajstić information content (AvgIpc) is 3.51. The lowest BCUT2D eigenvalue weighted by atomic mass is 9.79. The van der Waals surface area contributed by atoms with Crippen molar-refractivity contribution in [1.29, 1.82) is 0 Å². The Bertz CT molecular complexity index is 1730. The Kier molecular flexibility index (Phi) is 10.8. The van der Waals surface area contributed by atoms with Crippen LogP contribution in [0.5, 0.6) is 0 Å². The van der Waals surface area contributed by atoms with E-state index in [1.165, 1.54) is 55.9 Å². The van der Waals surface area contributed by atoms with E-state index in [0.717, 1.165) is 29.6 Å². The minimum atomic E-state index is -2.19. The minimum Gasteiger partial charge on any atom is -0.459 e. The van der Waals surface area contributed by atoms with Gasteiger partial charge in [0.05, 0.1) is 18.0 Å². The summed E-state index contributed by atoms with van der Waals surface area (Å²) < 4.78 is 56.8. The van der Waals surface area contributed by atoms with Gasteiger partial charge in [-0.3, -0.25) is 9.69 Å². The molecular formula is C30H34F3N8O6+. The summed E-state index contributed by atoms with van der Waals surface area (Å²) in [7, 11) is 1.39. The molecule has 4 aromatic rings. The summed E-state index contributed by atoms with van der Waals surface area (Å²) in [6.07, 6.45) is 3.12. The fraction of sp³-hybridized carbons (Fsp3) is 0.367. The molecule has 1 amide bonds. The highest BCUT2D eigenvalue weighted by Gasteiger charge is 2.44. The Morgan fingerprint density at radius 1 is 1.15 bits per heavy atom. The van der Waals surface area contributed by atoms with Crippen molar-refractivity contribution in [2.45, 2.75) is 63.8 Å². The summed E-state index contributed by atoms with van der Waals surface area (Å²) in [5.74, 6) is -4.64. The number of benzene rings is 1. The van der Waals surface area contributed by atoms with Crippen molar-refractivity contribution < 1.29 is 47.0 Å². The quantitative estimate of drug-likeness (QED) is 0.149. The molecule has 0 fully saturated rings. The minimum absolute atomic E-state index is 0.126. The number of aromatic nitrogens is 6. The predicted molar refractivity (Wildman–Crippen MR) is 156 cm³/mol. The number of hydrogen-bond acceptors (Lipinski definition) is 11. The fourth-order valence-electron chi connectivity index (χ4n) is 4.68. The molecule has 0 bridgehead atoms. The third kappa shape index (κ3) is 7.87. The Hall–Kier alpha value is -5.00. The highest BCUT2D eigenvalue weighted by molar-refractivity contribution is 5.86. The lowest BCUT2D eigenvalue weighted by molar-refractivity contribution is -0.753. The van der Waals surface area contributed by atoms with Gasteiger partial charge in [-0.1, -0.05) is 19.1 Å². The van der Waals surface area contributed by atoms with Gasteiger partial charge in [-0.05, 0) is 19.1 Å². The largest absolute Gasteiger partial charge is 0.459 e. The maximum absolute atomic E-state index is 15.0. The maximum Gasteiger partial charge on any atom is 0.418 e. The van der Waals surface area contributed by atoms with Crippen molar-refractivity contribution in [3.63, 3.8) is 0 Å². The SMILES string of the molecule is CC(OC(=O)N(C)c1ncccc1COC(=O)[C@@H](N)[C@@H](C)O)[n+]1cnn(CC(O)(c2ccc(F)cc2F)[C@@H](C)c2ncncc2F)c1. The van der Waals surface area contributed by atoms with Crippen molar-refractivity contribution in [2.75, 3.05) is 11.9 Å². The van der Waals surface area contributed by atoms with Crippen molar-refractivity contribution in [3.8, 4) is 0 Å². The van der Waals surface area contributed by atoms with Crippen LogP contribution >= 0.6 is 0 Å². The molecule has 14 nitrogen and oxygen atoms in total. The number of amides is 1. The second-order valence-electron chi connectivity index (χ2n) is 10.8. The summed E-state index contributed by atoms with van der Waals surface area (Å²) in [5, 5.41) is 25.6. The van der Waals surface area contributed by atoms with Crippen LogP contribution in [-0.2, 0) is 33.0 Å². The lowest BCUT2D eigenvalue weighted by Gasteiger charge is -2.32. The number of anilines is 1. The first-order valence-corrected chi connectivity index (χ1v) is 14.3. The molecule has 250 valence electrons. The van der Waals surface area contributed by atoms with Gasteiger partial charge in [-0.25, -0.2) is 32.9 Å². The molecule has 1 aromatic carbocycles. The molecule has 0 aliphatic rings. The molecule has 0 radical (unpaired) electrons. The first-order chi connectivity index (χ1) is 22.2. The molecule has 0 aliphatic carbocycles. The van der Waals surface area contributed by atoms with Crippen LogP contribution in [0.15, 0.2) is 61.7 Å². The number of pyridine rings is 1. The second kappa shape index (κ2) is 14.6. The zero-order chi connectivity index (χ0) is 34.5. The number of rotatable bonds is 12. The Balaban J connectivity index is 1.51. The number of carbonyl (C=O) groups excluding carboxylic acids is 2. The number of hydrogen-bond donors (Lipinski definition) is 3. The molecular weight excluding hydrogens is 625 g/mol. The van der Waals surface area contributed by atoms with Gasteiger partial charge < -0.3 is 25.4 Å².